The average Bonchev–Trinajstić information content (AvgIpc) is 4.47. The van der Waals surface area contributed by atoms with Crippen molar-refractivity contribution < 1.29 is 37.2 Å². The van der Waals surface area contributed by atoms with Crippen LogP contribution in [0.1, 0.15) is 119 Å². The maximum absolute atomic E-state index is 14.6. The summed E-state index contributed by atoms with van der Waals surface area (Å²) in [4.78, 5) is 27.1. The molecule has 4 fully saturated rings. The topological polar surface area (TPSA) is 142 Å². The molecule has 4 bridgehead atoms. The highest BCUT2D eigenvalue weighted by Crippen LogP contribution is 2.57. The summed E-state index contributed by atoms with van der Waals surface area (Å²) in [6.45, 7) is 22.8. The monoisotopic (exact) mass is 1250 g/mol. The number of aliphatic hydroxyl groups is 1. The Bertz CT molecular complexity index is 3630. The summed E-state index contributed by atoms with van der Waals surface area (Å²) >= 11 is 31.5. The fourth-order valence-electron chi connectivity index (χ4n) is 11.6. The van der Waals surface area contributed by atoms with E-state index in [0.717, 1.165) is 61.2 Å². The molecule has 3 unspecified atom stereocenters. The van der Waals surface area contributed by atoms with Crippen molar-refractivity contribution in [3.05, 3.63) is 147 Å². The maximum Gasteiger partial charge on any atom is 0.191 e. The van der Waals surface area contributed by atoms with Crippen LogP contribution >= 0.6 is 85.0 Å². The molecule has 12 nitrogen and oxygen atoms in total. The van der Waals surface area contributed by atoms with Gasteiger partial charge in [-0.15, -0.1) is 22.7 Å². The molecule has 410 valence electrons. The number of hydrogen-bond acceptors (Lipinski definition) is 12. The summed E-state index contributed by atoms with van der Waals surface area (Å²) < 4.78 is 53.8. The van der Waals surface area contributed by atoms with Crippen LogP contribution in [-0.4, -0.2) is 43.4 Å². The van der Waals surface area contributed by atoms with Crippen LogP contribution in [0.5, 0.6) is 0 Å². The molecule has 4 aliphatic carbocycles. The fraction of sp³-hybridized carbons (Fsp3) is 0.397. The fourth-order valence-corrected chi connectivity index (χ4v) is 15.5. The molecule has 0 saturated heterocycles. The van der Waals surface area contributed by atoms with E-state index in [1.807, 2.05) is 19.9 Å². The number of Topliss-reactive ketones (excluding diaryl/α,β-unsaturated/α-hetero) is 1. The van der Waals surface area contributed by atoms with Crippen molar-refractivity contribution in [1.29, 1.82) is 0 Å². The van der Waals surface area contributed by atoms with Gasteiger partial charge in [-0.25, -0.2) is 28.4 Å². The van der Waals surface area contributed by atoms with Crippen molar-refractivity contribution in [2.24, 2.45) is 23.7 Å². The molecule has 7 atom stereocenters. The third-order valence-electron chi connectivity index (χ3n) is 15.4. The van der Waals surface area contributed by atoms with Gasteiger partial charge in [-0.05, 0) is 128 Å². The molecule has 12 rings (SSSR count). The Labute approximate surface area is 491 Å². The Morgan fingerprint density at radius 3 is 1.57 bits per heavy atom. The van der Waals surface area contributed by atoms with Crippen LogP contribution in [-0.2, 0) is 33.1 Å². The Morgan fingerprint density at radius 1 is 0.696 bits per heavy atom. The number of rotatable bonds is 11. The van der Waals surface area contributed by atoms with Crippen molar-refractivity contribution in [2.75, 3.05) is 0 Å². The minimum atomic E-state index is -1.13. The van der Waals surface area contributed by atoms with Gasteiger partial charge in [0.2, 0.25) is 0 Å². The average molecular weight is 1250 g/mol. The van der Waals surface area contributed by atoms with E-state index in [9.17, 15) is 18.7 Å². The molecule has 21 heteroatoms. The quantitative estimate of drug-likeness (QED) is 0.124. The van der Waals surface area contributed by atoms with Crippen LogP contribution in [0.2, 0.25) is 20.1 Å². The molecule has 4 aromatic heterocycles. The summed E-state index contributed by atoms with van der Waals surface area (Å²) in [5.74, 6) is 1.47. The predicted octanol–water partition coefficient (Wildman–Crippen LogP) is 18.5. The van der Waals surface area contributed by atoms with Gasteiger partial charge in [-0.2, -0.15) is 0 Å². The van der Waals surface area contributed by atoms with Crippen LogP contribution in [0.25, 0.3) is 52.6 Å². The molecule has 0 aliphatic heterocycles. The lowest BCUT2D eigenvalue weighted by atomic mass is 9.73. The van der Waals surface area contributed by atoms with Crippen LogP contribution in [0.15, 0.2) is 73.6 Å². The first kappa shape index (κ1) is 57.3. The number of halogens is 7. The van der Waals surface area contributed by atoms with Gasteiger partial charge in [0.25, 0.3) is 0 Å². The standard InChI is InChI=1S/C29H26Cl2FN3O3S.C21H23Cl2NO3.C8H2BrFN2S/c1-14(2)27-19(25(35-38-27)24-20(30)5-4-6-21(24)31)13-37-18-9-15-7-8-16(10-18)29(15,36)28-34-26-22(32)11-17(33-3)12-23(26)39-28;1-11(2)21-15(10-26-14-8-12-6-7-13(9-14)20(12)25)19(24-27-21)18-16(22)4-3-5-17(18)23;1-11-4-2-5(10)7-6(3-4)13-8(9)12-7/h4-6,11-12,14-16,18,36H,7-10,13H2,1-2H3;3-5,11-14H,6-10H2,1-2H3;2-3H/t15-,16+,18?,29?;12-,13+,14?;. The number of hydrogen-bond donors (Lipinski definition) is 1. The highest BCUT2D eigenvalue weighted by molar-refractivity contribution is 9.11. The Kier molecular flexibility index (Phi) is 17.4. The normalized spacial score (nSPS) is 22.3. The zero-order chi connectivity index (χ0) is 56.0. The third-order valence-corrected chi connectivity index (χ3v) is 19.3. The van der Waals surface area contributed by atoms with E-state index >= 15 is 0 Å². The smallest absolute Gasteiger partial charge is 0.191 e. The SMILES string of the molecule is CC(C)c1onc(-c2c(Cl)cccc2Cl)c1COC1C[C@H]2CC[C@@H](C1)C2=O.[C-]#[N+]c1cc(F)c2nc(Br)sc2c1.[C-]#[N+]c1cc(F)c2nc(C3(O)[C@@H]4CC[C@H]3CC(OCc3c(-c5c(Cl)cccc5Cl)noc3C(C)C)C4)sc2c1. The van der Waals surface area contributed by atoms with Gasteiger partial charge < -0.3 is 23.6 Å². The van der Waals surface area contributed by atoms with E-state index in [1.165, 1.54) is 34.8 Å². The molecule has 0 amide bonds. The lowest BCUT2D eigenvalue weighted by molar-refractivity contribution is -0.130. The van der Waals surface area contributed by atoms with E-state index in [0.29, 0.717) is 97.4 Å². The summed E-state index contributed by atoms with van der Waals surface area (Å²) in [6, 6.07) is 16.4. The molecule has 4 saturated carbocycles. The number of fused-ring (bicyclic) bond motifs is 6. The first-order chi connectivity index (χ1) is 37.9. The van der Waals surface area contributed by atoms with Crippen molar-refractivity contribution in [1.82, 2.24) is 20.3 Å². The second kappa shape index (κ2) is 23.9. The highest BCUT2D eigenvalue weighted by atomic mass is 79.9. The molecule has 1 N–H and O–H groups in total. The Morgan fingerprint density at radius 2 is 1.13 bits per heavy atom. The van der Waals surface area contributed by atoms with Crippen LogP contribution in [0.4, 0.5) is 20.2 Å². The summed E-state index contributed by atoms with van der Waals surface area (Å²) in [5, 5.41) is 23.1. The van der Waals surface area contributed by atoms with E-state index in [1.54, 1.807) is 42.5 Å². The van der Waals surface area contributed by atoms with Gasteiger partial charge in [0.15, 0.2) is 15.3 Å². The number of ether oxygens (including phenoxy) is 2. The van der Waals surface area contributed by atoms with Gasteiger partial charge in [0, 0.05) is 55.3 Å². The summed E-state index contributed by atoms with van der Waals surface area (Å²) in [7, 11) is 0. The second-order valence-corrected chi connectivity index (χ2v) is 26.0. The summed E-state index contributed by atoms with van der Waals surface area (Å²) in [6.07, 6.45) is 6.68. The van der Waals surface area contributed by atoms with Crippen LogP contribution in [0.3, 0.4) is 0 Å². The third kappa shape index (κ3) is 11.5. The number of nitrogens with zero attached hydrogens (tertiary/aromatic N) is 6. The van der Waals surface area contributed by atoms with E-state index in [-0.39, 0.29) is 65.5 Å². The first-order valence-electron chi connectivity index (χ1n) is 25.8. The lowest BCUT2D eigenvalue weighted by Crippen LogP contribution is -2.44. The molecule has 0 radical (unpaired) electrons. The molecule has 8 aromatic rings. The molecule has 79 heavy (non-hydrogen) atoms. The van der Waals surface area contributed by atoms with Crippen molar-refractivity contribution in [3.63, 3.8) is 0 Å². The van der Waals surface area contributed by atoms with Gasteiger partial charge >= 0.3 is 0 Å². The van der Waals surface area contributed by atoms with Gasteiger partial charge in [-0.1, -0.05) is 96.5 Å². The predicted molar refractivity (Wildman–Crippen MR) is 308 cm³/mol. The molecule has 4 heterocycles. The number of carbonyl (C=O) groups excluding carboxylic acids is 1. The highest BCUT2D eigenvalue weighted by Gasteiger charge is 2.56. The van der Waals surface area contributed by atoms with Crippen molar-refractivity contribution in [2.45, 2.75) is 122 Å². The molecule has 4 aromatic carbocycles. The molecule has 0 spiro atoms. The number of carbonyl (C=O) groups is 1. The number of aromatic nitrogens is 4. The molecule has 4 aliphatic rings. The van der Waals surface area contributed by atoms with E-state index in [2.05, 4.69) is 59.7 Å². The number of benzene rings is 4. The largest absolute Gasteiger partial charge is 0.382 e. The zero-order valence-corrected chi connectivity index (χ0v) is 49.3. The Hall–Kier alpha value is -4.89. The van der Waals surface area contributed by atoms with Gasteiger partial charge in [0.05, 0.1) is 58.7 Å². The minimum Gasteiger partial charge on any atom is -0.382 e. The van der Waals surface area contributed by atoms with Gasteiger partial charge in [-0.3, -0.25) is 4.79 Å². The van der Waals surface area contributed by atoms with Crippen molar-refractivity contribution >= 4 is 123 Å². The molecular formula is C58H51BrCl4F2N6O6S2. The lowest BCUT2D eigenvalue weighted by Gasteiger charge is -2.41. The summed E-state index contributed by atoms with van der Waals surface area (Å²) in [5.41, 5.74) is 4.18. The maximum atomic E-state index is 14.6. The van der Waals surface area contributed by atoms with E-state index < -0.39 is 17.2 Å². The van der Waals surface area contributed by atoms with Crippen LogP contribution < -0.4 is 0 Å². The number of thiazole rings is 2. The van der Waals surface area contributed by atoms with Crippen LogP contribution in [0, 0.1) is 48.5 Å². The van der Waals surface area contributed by atoms with Gasteiger partial charge in [0.1, 0.15) is 62.0 Å². The Balaban J connectivity index is 0.000000151. The minimum absolute atomic E-state index is 0.0604. The number of ketones is 1. The second-order valence-electron chi connectivity index (χ2n) is 21.0. The van der Waals surface area contributed by atoms with E-state index in [4.69, 9.17) is 78.1 Å². The zero-order valence-electron chi connectivity index (χ0n) is 43.1. The molecular weight excluding hydrogens is 1200 g/mol. The van der Waals surface area contributed by atoms with Crippen molar-refractivity contribution in [3.8, 4) is 22.5 Å². The first-order valence-corrected chi connectivity index (χ1v) is 29.8.